The maximum Gasteiger partial charge on any atom is 0.339 e. The minimum Gasteiger partial charge on any atom is -0.508 e. The second-order valence-electron chi connectivity index (χ2n) is 4.18. The van der Waals surface area contributed by atoms with Crippen molar-refractivity contribution in [1.82, 2.24) is 0 Å². The molecule has 0 aliphatic carbocycles. The van der Waals surface area contributed by atoms with E-state index in [1.807, 2.05) is 18.2 Å². The summed E-state index contributed by atoms with van der Waals surface area (Å²) in [5.41, 5.74) is -0.0710. The second kappa shape index (κ2) is 5.97. The zero-order valence-electron chi connectivity index (χ0n) is 10.6. The van der Waals surface area contributed by atoms with Gasteiger partial charge in [-0.05, 0) is 24.3 Å². The maximum absolute atomic E-state index is 10.9. The molecule has 0 aliphatic rings. The van der Waals surface area contributed by atoms with Gasteiger partial charge in [0.15, 0.2) is 0 Å². The summed E-state index contributed by atoms with van der Waals surface area (Å²) in [7, 11) is 0. The van der Waals surface area contributed by atoms with Crippen LogP contribution < -0.4 is 4.74 Å². The molecule has 0 bridgehead atoms. The average molecular weight is 274 g/mol. The Bertz CT molecular complexity index is 607. The SMILES string of the molecule is O=C(O)c1ccc(O)c(CCOc2ccccc2)c1O. The minimum atomic E-state index is -1.24. The Morgan fingerprint density at radius 1 is 1.05 bits per heavy atom. The number of benzene rings is 2. The van der Waals surface area contributed by atoms with Gasteiger partial charge in [-0.25, -0.2) is 4.79 Å². The van der Waals surface area contributed by atoms with Crippen LogP contribution in [0.3, 0.4) is 0 Å². The summed E-state index contributed by atoms with van der Waals surface area (Å²) in [6, 6.07) is 11.5. The molecular weight excluding hydrogens is 260 g/mol. The minimum absolute atomic E-state index is 0.149. The van der Waals surface area contributed by atoms with Crippen molar-refractivity contribution in [3.05, 3.63) is 53.6 Å². The summed E-state index contributed by atoms with van der Waals surface area (Å²) in [5.74, 6) is -1.15. The van der Waals surface area contributed by atoms with E-state index in [2.05, 4.69) is 0 Å². The van der Waals surface area contributed by atoms with Crippen molar-refractivity contribution in [3.63, 3.8) is 0 Å². The topological polar surface area (TPSA) is 87.0 Å². The van der Waals surface area contributed by atoms with E-state index < -0.39 is 11.7 Å². The molecule has 0 fully saturated rings. The molecule has 0 aliphatic heterocycles. The van der Waals surface area contributed by atoms with E-state index in [1.165, 1.54) is 6.07 Å². The number of phenolic OH excluding ortho intramolecular Hbond substituents is 1. The number of hydrogen-bond donors (Lipinski definition) is 3. The fourth-order valence-electron chi connectivity index (χ4n) is 1.83. The number of carboxylic acids is 1. The summed E-state index contributed by atoms with van der Waals surface area (Å²) >= 11 is 0. The smallest absolute Gasteiger partial charge is 0.339 e. The Morgan fingerprint density at radius 2 is 1.75 bits per heavy atom. The number of hydrogen-bond acceptors (Lipinski definition) is 4. The molecule has 0 spiro atoms. The normalized spacial score (nSPS) is 10.2. The van der Waals surface area contributed by atoms with Gasteiger partial charge in [-0.1, -0.05) is 18.2 Å². The lowest BCUT2D eigenvalue weighted by Crippen LogP contribution is -2.04. The third-order valence-corrected chi connectivity index (χ3v) is 2.85. The molecule has 104 valence electrons. The van der Waals surface area contributed by atoms with Crippen LogP contribution in [0.4, 0.5) is 0 Å². The van der Waals surface area contributed by atoms with Gasteiger partial charge in [0.1, 0.15) is 22.8 Å². The predicted molar refractivity (Wildman–Crippen MR) is 72.4 cm³/mol. The Kier molecular flexibility index (Phi) is 4.10. The number of carboxylic acid groups (broad SMARTS) is 1. The number of aromatic carboxylic acids is 1. The van der Waals surface area contributed by atoms with E-state index in [1.54, 1.807) is 12.1 Å². The van der Waals surface area contributed by atoms with Gasteiger partial charge < -0.3 is 20.1 Å². The standard InChI is InChI=1S/C15H14O5/c16-13-7-6-12(15(18)19)14(17)11(13)8-9-20-10-4-2-1-3-5-10/h1-7,16-17H,8-9H2,(H,18,19). The van der Waals surface area contributed by atoms with E-state index in [9.17, 15) is 15.0 Å². The largest absolute Gasteiger partial charge is 0.508 e. The molecule has 0 saturated heterocycles. The number of rotatable bonds is 5. The highest BCUT2D eigenvalue weighted by molar-refractivity contribution is 5.91. The van der Waals surface area contributed by atoms with Crippen LogP contribution in [-0.4, -0.2) is 27.9 Å². The van der Waals surface area contributed by atoms with E-state index >= 15 is 0 Å². The molecule has 0 atom stereocenters. The van der Waals surface area contributed by atoms with Crippen molar-refractivity contribution < 1.29 is 24.9 Å². The van der Waals surface area contributed by atoms with Crippen LogP contribution in [0.2, 0.25) is 0 Å². The van der Waals surface area contributed by atoms with E-state index in [-0.39, 0.29) is 29.9 Å². The fraction of sp³-hybridized carbons (Fsp3) is 0.133. The lowest BCUT2D eigenvalue weighted by Gasteiger charge is -2.10. The molecule has 0 saturated carbocycles. The van der Waals surface area contributed by atoms with Gasteiger partial charge in [-0.15, -0.1) is 0 Å². The third-order valence-electron chi connectivity index (χ3n) is 2.85. The molecule has 2 aromatic carbocycles. The summed E-state index contributed by atoms with van der Waals surface area (Å²) in [6.07, 6.45) is 0.202. The third kappa shape index (κ3) is 3.00. The maximum atomic E-state index is 10.9. The predicted octanol–water partition coefficient (Wildman–Crippen LogP) is 2.42. The monoisotopic (exact) mass is 274 g/mol. The van der Waals surface area contributed by atoms with Crippen LogP contribution >= 0.6 is 0 Å². The number of carbonyl (C=O) groups is 1. The summed E-state index contributed by atoms with van der Waals surface area (Å²) in [4.78, 5) is 10.9. The van der Waals surface area contributed by atoms with Gasteiger partial charge in [-0.2, -0.15) is 0 Å². The summed E-state index contributed by atoms with van der Waals surface area (Å²) in [6.45, 7) is 0.216. The van der Waals surface area contributed by atoms with Crippen LogP contribution in [-0.2, 0) is 6.42 Å². The van der Waals surface area contributed by atoms with Gasteiger partial charge in [0, 0.05) is 12.0 Å². The molecule has 3 N–H and O–H groups in total. The van der Waals surface area contributed by atoms with Crippen LogP contribution in [0.1, 0.15) is 15.9 Å². The summed E-state index contributed by atoms with van der Waals surface area (Å²) < 4.78 is 5.45. The number of aromatic hydroxyl groups is 2. The highest BCUT2D eigenvalue weighted by atomic mass is 16.5. The summed E-state index contributed by atoms with van der Waals surface area (Å²) in [5, 5.41) is 28.4. The van der Waals surface area contributed by atoms with Crippen LogP contribution in [0.25, 0.3) is 0 Å². The first kappa shape index (κ1) is 13.7. The Hall–Kier alpha value is -2.69. The van der Waals surface area contributed by atoms with Crippen molar-refractivity contribution in [3.8, 4) is 17.2 Å². The van der Waals surface area contributed by atoms with Crippen LogP contribution in [0.15, 0.2) is 42.5 Å². The number of ether oxygens (including phenoxy) is 1. The Labute approximate surface area is 115 Å². The number of para-hydroxylation sites is 1. The van der Waals surface area contributed by atoms with E-state index in [4.69, 9.17) is 9.84 Å². The molecular formula is C15H14O5. The first-order valence-electron chi connectivity index (χ1n) is 6.04. The zero-order chi connectivity index (χ0) is 14.5. The highest BCUT2D eigenvalue weighted by Crippen LogP contribution is 2.31. The lowest BCUT2D eigenvalue weighted by molar-refractivity contribution is 0.0693. The van der Waals surface area contributed by atoms with Crippen molar-refractivity contribution in [2.24, 2.45) is 0 Å². The average Bonchev–Trinajstić information content (AvgIpc) is 2.43. The lowest BCUT2D eigenvalue weighted by atomic mass is 10.1. The Morgan fingerprint density at radius 3 is 2.40 bits per heavy atom. The Balaban J connectivity index is 2.09. The molecule has 5 heteroatoms. The quantitative estimate of drug-likeness (QED) is 0.779. The van der Waals surface area contributed by atoms with E-state index in [0.717, 1.165) is 6.07 Å². The van der Waals surface area contributed by atoms with Crippen LogP contribution in [0.5, 0.6) is 17.2 Å². The first-order chi connectivity index (χ1) is 9.59. The highest BCUT2D eigenvalue weighted by Gasteiger charge is 2.16. The van der Waals surface area contributed by atoms with Crippen molar-refractivity contribution in [2.75, 3.05) is 6.61 Å². The van der Waals surface area contributed by atoms with Crippen molar-refractivity contribution in [2.45, 2.75) is 6.42 Å². The molecule has 5 nitrogen and oxygen atoms in total. The van der Waals surface area contributed by atoms with Crippen LogP contribution in [0, 0.1) is 0 Å². The molecule has 2 aromatic rings. The fourth-order valence-corrected chi connectivity index (χ4v) is 1.83. The van der Waals surface area contributed by atoms with Gasteiger partial charge in [-0.3, -0.25) is 0 Å². The molecule has 0 amide bonds. The molecule has 2 rings (SSSR count). The van der Waals surface area contributed by atoms with Crippen molar-refractivity contribution >= 4 is 5.97 Å². The van der Waals surface area contributed by atoms with Gasteiger partial charge >= 0.3 is 5.97 Å². The van der Waals surface area contributed by atoms with Gasteiger partial charge in [0.2, 0.25) is 0 Å². The molecule has 20 heavy (non-hydrogen) atoms. The second-order valence-corrected chi connectivity index (χ2v) is 4.18. The van der Waals surface area contributed by atoms with E-state index in [0.29, 0.717) is 5.75 Å². The molecule has 0 radical (unpaired) electrons. The van der Waals surface area contributed by atoms with Crippen molar-refractivity contribution in [1.29, 1.82) is 0 Å². The molecule has 0 unspecified atom stereocenters. The van der Waals surface area contributed by atoms with Gasteiger partial charge in [0.05, 0.1) is 6.61 Å². The van der Waals surface area contributed by atoms with Gasteiger partial charge in [0.25, 0.3) is 0 Å². The molecule has 0 aromatic heterocycles. The zero-order valence-corrected chi connectivity index (χ0v) is 10.6. The molecule has 0 heterocycles. The first-order valence-corrected chi connectivity index (χ1v) is 6.04. The number of phenols is 2.